The van der Waals surface area contributed by atoms with E-state index in [-0.39, 0.29) is 0 Å². The summed E-state index contributed by atoms with van der Waals surface area (Å²) < 4.78 is 10.4. The average Bonchev–Trinajstić information content (AvgIpc) is 2.01. The second-order valence-corrected chi connectivity index (χ2v) is 5.63. The number of hydrogen-bond acceptors (Lipinski definition) is 1. The van der Waals surface area contributed by atoms with Crippen LogP contribution in [-0.4, -0.2) is 42.6 Å². The van der Waals surface area contributed by atoms with Crippen molar-refractivity contribution < 1.29 is 19.2 Å². The summed E-state index contributed by atoms with van der Waals surface area (Å²) in [6.07, 6.45) is 0. The van der Waals surface area contributed by atoms with Crippen LogP contribution >= 0.6 is 7.82 Å². The van der Waals surface area contributed by atoms with Crippen molar-refractivity contribution in [3.63, 3.8) is 0 Å². The monoisotopic (exact) mass is 240 g/mol. The van der Waals surface area contributed by atoms with E-state index in [1.54, 1.807) is 0 Å². The van der Waals surface area contributed by atoms with E-state index < -0.39 is 7.82 Å². The minimum absolute atomic E-state index is 0.689. The molecule has 0 aliphatic heterocycles. The summed E-state index contributed by atoms with van der Waals surface area (Å²) in [5.41, 5.74) is 1.52. The molecule has 0 aliphatic rings. The van der Waals surface area contributed by atoms with E-state index in [0.717, 1.165) is 0 Å². The Morgan fingerprint density at radius 1 is 1.20 bits per heavy atom. The third-order valence-corrected chi connectivity index (χ3v) is 2.72. The van der Waals surface area contributed by atoms with Gasteiger partial charge >= 0.3 is 88.2 Å². The number of rotatable bonds is 1. The van der Waals surface area contributed by atoms with E-state index in [1.807, 2.05) is 0 Å². The van der Waals surface area contributed by atoms with Crippen molar-refractivity contribution in [3.05, 3.63) is 29.8 Å². The quantitative estimate of drug-likeness (QED) is 0.498. The largest absolute Gasteiger partial charge is 0.466 e. The molecule has 15 heavy (non-hydrogen) atoms. The molecule has 4 nitrogen and oxygen atoms in total. The predicted molar refractivity (Wildman–Crippen MR) is 60.2 cm³/mol. The van der Waals surface area contributed by atoms with Crippen molar-refractivity contribution in [2.75, 3.05) is 0 Å². The molecule has 1 aromatic rings. The predicted octanol–water partition coefficient (Wildman–Crippen LogP) is 0.675. The Labute approximate surface area is 107 Å². The second kappa shape index (κ2) is 6.81. The van der Waals surface area contributed by atoms with Crippen molar-refractivity contribution >= 4 is 38.6 Å². The SMILES string of the molecule is CC(C)c1cccc[c]1[Na].O=P(O)(O)O. The zero-order valence-electron chi connectivity index (χ0n) is 9.08. The Bertz CT molecular complexity index is 339. The van der Waals surface area contributed by atoms with Gasteiger partial charge in [-0.15, -0.1) is 0 Å². The molecule has 1 aromatic carbocycles. The molecule has 0 aromatic heterocycles. The molecule has 6 heteroatoms. The molecular formula is C9H14NaO4P. The Morgan fingerprint density at radius 2 is 1.60 bits per heavy atom. The molecule has 3 N–H and O–H groups in total. The van der Waals surface area contributed by atoms with Gasteiger partial charge in [0.2, 0.25) is 0 Å². The first-order chi connectivity index (χ1) is 6.72. The molecule has 0 radical (unpaired) electrons. The van der Waals surface area contributed by atoms with Crippen LogP contribution < -0.4 is 2.81 Å². The molecule has 0 saturated carbocycles. The Kier molecular flexibility index (Phi) is 6.96. The molecule has 0 unspecified atom stereocenters. The van der Waals surface area contributed by atoms with E-state index in [4.69, 9.17) is 19.2 Å². The van der Waals surface area contributed by atoms with Crippen LogP contribution in [0, 0.1) is 0 Å². The molecule has 0 bridgehead atoms. The zero-order chi connectivity index (χ0) is 12.1. The van der Waals surface area contributed by atoms with Gasteiger partial charge < -0.3 is 14.7 Å². The van der Waals surface area contributed by atoms with Crippen molar-refractivity contribution in [3.8, 4) is 0 Å². The van der Waals surface area contributed by atoms with Gasteiger partial charge in [-0.1, -0.05) is 0 Å². The second-order valence-electron chi connectivity index (χ2n) is 3.52. The fraction of sp³-hybridized carbons (Fsp3) is 0.333. The standard InChI is InChI=1S/C9H11.Na.H3O4P/c1-8(2)9-6-4-3-5-7-9;;1-5(2,3)4/h3-6,8H,1-2H3;;(H3,1,2,3,4). The third kappa shape index (κ3) is 9.27. The first-order valence-corrected chi connectivity index (χ1v) is 7.12. The van der Waals surface area contributed by atoms with E-state index in [2.05, 4.69) is 38.1 Å². The van der Waals surface area contributed by atoms with Gasteiger partial charge in [0.25, 0.3) is 0 Å². The fourth-order valence-electron chi connectivity index (χ4n) is 1.23. The van der Waals surface area contributed by atoms with Crippen molar-refractivity contribution in [2.24, 2.45) is 0 Å². The molecule has 80 valence electrons. The van der Waals surface area contributed by atoms with Gasteiger partial charge in [-0.2, -0.15) is 0 Å². The molecule has 0 amide bonds. The van der Waals surface area contributed by atoms with E-state index in [1.165, 1.54) is 36.3 Å². The van der Waals surface area contributed by atoms with Gasteiger partial charge in [-0.3, -0.25) is 0 Å². The maximum Gasteiger partial charge on any atom is 0.466 e. The Hall–Kier alpha value is 0.330. The smallest absolute Gasteiger partial charge is 0.303 e. The summed E-state index contributed by atoms with van der Waals surface area (Å²) in [6.45, 7) is 4.49. The average molecular weight is 240 g/mol. The molecule has 0 fully saturated rings. The van der Waals surface area contributed by atoms with E-state index >= 15 is 0 Å². The van der Waals surface area contributed by atoms with Crippen molar-refractivity contribution in [1.82, 2.24) is 0 Å². The Balaban J connectivity index is 0.000000336. The first-order valence-electron chi connectivity index (χ1n) is 4.55. The van der Waals surface area contributed by atoms with Gasteiger partial charge in [0, 0.05) is 0 Å². The maximum absolute atomic E-state index is 8.88. The molecule has 1 rings (SSSR count). The number of phosphoric acid groups is 1. The minimum atomic E-state index is -4.64. The van der Waals surface area contributed by atoms with Crippen LogP contribution in [0.4, 0.5) is 0 Å². The summed E-state index contributed by atoms with van der Waals surface area (Å²) in [6, 6.07) is 8.69. The van der Waals surface area contributed by atoms with Crippen molar-refractivity contribution in [1.29, 1.82) is 0 Å². The number of hydrogen-bond donors (Lipinski definition) is 3. The zero-order valence-corrected chi connectivity index (χ0v) is 12.0. The molecular weight excluding hydrogens is 226 g/mol. The Morgan fingerprint density at radius 3 is 1.87 bits per heavy atom. The van der Waals surface area contributed by atoms with Crippen LogP contribution in [0.1, 0.15) is 25.3 Å². The van der Waals surface area contributed by atoms with Gasteiger partial charge in [0.05, 0.1) is 0 Å². The van der Waals surface area contributed by atoms with E-state index in [9.17, 15) is 0 Å². The number of benzene rings is 1. The van der Waals surface area contributed by atoms with Crippen LogP contribution in [-0.2, 0) is 4.57 Å². The van der Waals surface area contributed by atoms with Crippen LogP contribution in [0.15, 0.2) is 24.3 Å². The van der Waals surface area contributed by atoms with Gasteiger partial charge in [0.15, 0.2) is 0 Å². The first kappa shape index (κ1) is 15.3. The topological polar surface area (TPSA) is 77.8 Å². The summed E-state index contributed by atoms with van der Waals surface area (Å²) in [7, 11) is -4.64. The molecule has 0 saturated heterocycles. The van der Waals surface area contributed by atoms with Crippen LogP contribution in [0.25, 0.3) is 0 Å². The van der Waals surface area contributed by atoms with Crippen LogP contribution in [0.3, 0.4) is 0 Å². The summed E-state index contributed by atoms with van der Waals surface area (Å²) in [4.78, 5) is 21.6. The molecule has 0 spiro atoms. The fourth-order valence-corrected chi connectivity index (χ4v) is 2.17. The van der Waals surface area contributed by atoms with Gasteiger partial charge in [-0.25, -0.2) is 4.57 Å². The van der Waals surface area contributed by atoms with Crippen LogP contribution in [0.2, 0.25) is 0 Å². The summed E-state index contributed by atoms with van der Waals surface area (Å²) >= 11 is 1.17. The summed E-state index contributed by atoms with van der Waals surface area (Å²) in [5.74, 6) is 0.689. The van der Waals surface area contributed by atoms with E-state index in [0.29, 0.717) is 5.92 Å². The summed E-state index contributed by atoms with van der Waals surface area (Å²) in [5, 5.41) is 0. The third-order valence-electron chi connectivity index (χ3n) is 1.81. The molecule has 0 aliphatic carbocycles. The normalized spacial score (nSPS) is 10.9. The van der Waals surface area contributed by atoms with Gasteiger partial charge in [0.1, 0.15) is 0 Å². The van der Waals surface area contributed by atoms with Crippen molar-refractivity contribution in [2.45, 2.75) is 19.8 Å². The maximum atomic E-state index is 8.88. The van der Waals surface area contributed by atoms with Gasteiger partial charge in [-0.05, 0) is 0 Å². The van der Waals surface area contributed by atoms with Crippen LogP contribution in [0.5, 0.6) is 0 Å². The molecule has 0 atom stereocenters. The minimum Gasteiger partial charge on any atom is -0.303 e. The molecule has 0 heterocycles.